The zero-order valence-corrected chi connectivity index (χ0v) is 17.8. The Morgan fingerprint density at radius 3 is 2.58 bits per heavy atom. The minimum Gasteiger partial charge on any atom is -0.490 e. The van der Waals surface area contributed by atoms with Crippen LogP contribution in [-0.2, 0) is 14.3 Å². The van der Waals surface area contributed by atoms with E-state index in [2.05, 4.69) is 10.2 Å². The fourth-order valence-electron chi connectivity index (χ4n) is 4.34. The normalized spacial score (nSPS) is 18.7. The number of nitro benzene ring substituents is 1. The average Bonchev–Trinajstić information content (AvgIpc) is 2.81. The van der Waals surface area contributed by atoms with E-state index in [1.54, 1.807) is 0 Å². The van der Waals surface area contributed by atoms with Crippen LogP contribution in [0.3, 0.4) is 0 Å². The number of nitrogens with one attached hydrogen (secondary N) is 1. The third-order valence-corrected chi connectivity index (χ3v) is 6.03. The minimum absolute atomic E-state index is 0.0163. The predicted octanol–water partition coefficient (Wildman–Crippen LogP) is 1.91. The van der Waals surface area contributed by atoms with Crippen LogP contribution < -0.4 is 10.1 Å². The highest BCUT2D eigenvalue weighted by Gasteiger charge is 2.38. The largest absolute Gasteiger partial charge is 0.490 e. The van der Waals surface area contributed by atoms with E-state index in [9.17, 15) is 19.7 Å². The van der Waals surface area contributed by atoms with E-state index in [0.29, 0.717) is 19.8 Å². The molecule has 0 unspecified atom stereocenters. The minimum atomic E-state index is -0.804. The quantitative estimate of drug-likeness (QED) is 0.374. The summed E-state index contributed by atoms with van der Waals surface area (Å²) in [6.45, 7) is 3.14. The zero-order chi connectivity index (χ0) is 22.3. The fourth-order valence-corrected chi connectivity index (χ4v) is 4.34. The summed E-state index contributed by atoms with van der Waals surface area (Å²) < 4.78 is 15.5. The van der Waals surface area contributed by atoms with Gasteiger partial charge in [0.1, 0.15) is 0 Å². The highest BCUT2D eigenvalue weighted by atomic mass is 16.6. The van der Waals surface area contributed by atoms with E-state index in [1.165, 1.54) is 25.7 Å². The summed E-state index contributed by atoms with van der Waals surface area (Å²) >= 11 is 0. The van der Waals surface area contributed by atoms with Gasteiger partial charge in [0, 0.05) is 31.2 Å². The Morgan fingerprint density at radius 2 is 1.94 bits per heavy atom. The van der Waals surface area contributed by atoms with Crippen LogP contribution in [0.4, 0.5) is 5.69 Å². The van der Waals surface area contributed by atoms with E-state index < -0.39 is 23.4 Å². The topological polar surface area (TPSA) is 120 Å². The second-order valence-electron chi connectivity index (χ2n) is 7.88. The van der Waals surface area contributed by atoms with Gasteiger partial charge in [-0.1, -0.05) is 19.3 Å². The molecule has 0 spiro atoms. The number of esters is 1. The number of rotatable bonds is 8. The molecule has 1 aliphatic heterocycles. The molecule has 1 heterocycles. The molecule has 2 aliphatic rings. The number of methoxy groups -OCH3 is 1. The van der Waals surface area contributed by atoms with Gasteiger partial charge in [0.2, 0.25) is 0 Å². The summed E-state index contributed by atoms with van der Waals surface area (Å²) in [5.74, 6) is -1.16. The van der Waals surface area contributed by atoms with Crippen LogP contribution in [0.15, 0.2) is 18.2 Å². The van der Waals surface area contributed by atoms with Crippen molar-refractivity contribution in [3.05, 3.63) is 33.9 Å². The molecular weight excluding hydrogens is 406 g/mol. The Hall–Kier alpha value is -2.72. The van der Waals surface area contributed by atoms with Gasteiger partial charge in [0.05, 0.1) is 30.8 Å². The number of benzene rings is 1. The van der Waals surface area contributed by atoms with Crippen molar-refractivity contribution in [2.45, 2.75) is 37.6 Å². The molecule has 0 atom stereocenters. The van der Waals surface area contributed by atoms with Crippen LogP contribution in [0.5, 0.6) is 5.75 Å². The maximum atomic E-state index is 12.4. The van der Waals surface area contributed by atoms with Crippen LogP contribution in [-0.4, -0.2) is 73.8 Å². The van der Waals surface area contributed by atoms with E-state index >= 15 is 0 Å². The highest BCUT2D eigenvalue weighted by molar-refractivity contribution is 5.92. The van der Waals surface area contributed by atoms with E-state index in [0.717, 1.165) is 44.8 Å². The third-order valence-electron chi connectivity index (χ3n) is 6.03. The zero-order valence-electron chi connectivity index (χ0n) is 17.8. The molecule has 2 fully saturated rings. The Balaban J connectivity index is 1.55. The molecule has 0 bridgehead atoms. The van der Waals surface area contributed by atoms with Gasteiger partial charge in [-0.25, -0.2) is 4.79 Å². The van der Waals surface area contributed by atoms with Crippen LogP contribution in [0.1, 0.15) is 42.5 Å². The molecule has 1 N–H and O–H groups in total. The van der Waals surface area contributed by atoms with E-state index in [-0.39, 0.29) is 22.5 Å². The molecule has 170 valence electrons. The molecule has 1 aliphatic carbocycles. The molecule has 3 rings (SSSR count). The number of nitro groups is 1. The Kier molecular flexibility index (Phi) is 7.80. The lowest BCUT2D eigenvalue weighted by molar-refractivity contribution is -0.385. The van der Waals surface area contributed by atoms with Crippen molar-refractivity contribution in [1.29, 1.82) is 0 Å². The van der Waals surface area contributed by atoms with Crippen LogP contribution >= 0.6 is 0 Å². The number of carbonyl (C=O) groups excluding carboxylic acids is 2. The van der Waals surface area contributed by atoms with Crippen LogP contribution in [0, 0.1) is 10.1 Å². The van der Waals surface area contributed by atoms with Crippen molar-refractivity contribution in [2.24, 2.45) is 0 Å². The molecule has 1 aromatic carbocycles. The monoisotopic (exact) mass is 435 g/mol. The van der Waals surface area contributed by atoms with Gasteiger partial charge in [-0.05, 0) is 25.0 Å². The SMILES string of the molecule is COc1ccc(C(=O)OCC(=O)NCC2(N3CCOCC3)CCCCC2)cc1[N+](=O)[O-]. The lowest BCUT2D eigenvalue weighted by Gasteiger charge is -2.48. The number of nitrogens with zero attached hydrogens (tertiary/aromatic N) is 2. The molecule has 0 aromatic heterocycles. The first-order chi connectivity index (χ1) is 14.9. The summed E-state index contributed by atoms with van der Waals surface area (Å²) in [5.41, 5.74) is -0.443. The second kappa shape index (κ2) is 10.5. The Labute approximate surface area is 181 Å². The van der Waals surface area contributed by atoms with Crippen LogP contribution in [0.2, 0.25) is 0 Å². The molecule has 10 heteroatoms. The van der Waals surface area contributed by atoms with Gasteiger partial charge in [0.25, 0.3) is 5.91 Å². The lowest BCUT2D eigenvalue weighted by atomic mass is 9.79. The van der Waals surface area contributed by atoms with Gasteiger partial charge < -0.3 is 19.5 Å². The van der Waals surface area contributed by atoms with Gasteiger partial charge in [-0.2, -0.15) is 0 Å². The first kappa shape index (κ1) is 23.0. The lowest BCUT2D eigenvalue weighted by Crippen LogP contribution is -2.59. The maximum Gasteiger partial charge on any atom is 0.338 e. The number of carbonyl (C=O) groups is 2. The van der Waals surface area contributed by atoms with Crippen molar-refractivity contribution in [2.75, 3.05) is 46.6 Å². The van der Waals surface area contributed by atoms with Crippen molar-refractivity contribution >= 4 is 17.6 Å². The Morgan fingerprint density at radius 1 is 1.23 bits per heavy atom. The van der Waals surface area contributed by atoms with Crippen molar-refractivity contribution in [3.8, 4) is 5.75 Å². The second-order valence-corrected chi connectivity index (χ2v) is 7.88. The van der Waals surface area contributed by atoms with E-state index in [1.807, 2.05) is 0 Å². The summed E-state index contributed by atoms with van der Waals surface area (Å²) in [7, 11) is 1.31. The maximum absolute atomic E-state index is 12.4. The summed E-state index contributed by atoms with van der Waals surface area (Å²) in [6.07, 6.45) is 5.48. The molecule has 1 aromatic rings. The van der Waals surface area contributed by atoms with E-state index in [4.69, 9.17) is 14.2 Å². The number of hydrogen-bond acceptors (Lipinski definition) is 8. The molecule has 1 saturated carbocycles. The standard InChI is InChI=1S/C21H29N3O7/c1-29-18-6-5-16(13-17(18)24(27)28)20(26)31-14-19(25)22-15-21(7-3-2-4-8-21)23-9-11-30-12-10-23/h5-6,13H,2-4,7-12,14-15H2,1H3,(H,22,25). The number of amides is 1. The molecule has 1 amide bonds. The number of hydrogen-bond donors (Lipinski definition) is 1. The third kappa shape index (κ3) is 5.71. The number of morpholine rings is 1. The number of ether oxygens (including phenoxy) is 3. The summed E-state index contributed by atoms with van der Waals surface area (Å²) in [5, 5.41) is 14.0. The summed E-state index contributed by atoms with van der Waals surface area (Å²) in [6, 6.07) is 3.76. The molecule has 31 heavy (non-hydrogen) atoms. The molecule has 10 nitrogen and oxygen atoms in total. The molecular formula is C21H29N3O7. The smallest absolute Gasteiger partial charge is 0.338 e. The fraction of sp³-hybridized carbons (Fsp3) is 0.619. The predicted molar refractivity (Wildman–Crippen MR) is 111 cm³/mol. The average molecular weight is 435 g/mol. The molecule has 0 radical (unpaired) electrons. The summed E-state index contributed by atoms with van der Waals surface area (Å²) in [4.78, 5) is 37.5. The first-order valence-electron chi connectivity index (χ1n) is 10.5. The molecule has 1 saturated heterocycles. The van der Waals surface area contributed by atoms with Gasteiger partial charge in [0.15, 0.2) is 12.4 Å². The van der Waals surface area contributed by atoms with Gasteiger partial charge >= 0.3 is 11.7 Å². The van der Waals surface area contributed by atoms with Crippen molar-refractivity contribution in [3.63, 3.8) is 0 Å². The first-order valence-corrected chi connectivity index (χ1v) is 10.5. The van der Waals surface area contributed by atoms with Crippen molar-refractivity contribution < 1.29 is 28.7 Å². The van der Waals surface area contributed by atoms with Crippen LogP contribution in [0.25, 0.3) is 0 Å². The highest BCUT2D eigenvalue weighted by Crippen LogP contribution is 2.34. The van der Waals surface area contributed by atoms with Crippen molar-refractivity contribution in [1.82, 2.24) is 10.2 Å². The van der Waals surface area contributed by atoms with Gasteiger partial charge in [-0.3, -0.25) is 19.8 Å². The Bertz CT molecular complexity index is 802. The van der Waals surface area contributed by atoms with Gasteiger partial charge in [-0.15, -0.1) is 0 Å².